The van der Waals surface area contributed by atoms with Gasteiger partial charge in [-0.3, -0.25) is 18.7 Å². The minimum atomic E-state index is -4.37. The predicted molar refractivity (Wildman–Crippen MR) is 212 cm³/mol. The van der Waals surface area contributed by atoms with Crippen LogP contribution in [0.3, 0.4) is 0 Å². The van der Waals surface area contributed by atoms with Crippen molar-refractivity contribution in [1.29, 1.82) is 0 Å². The van der Waals surface area contributed by atoms with E-state index < -0.39 is 20.2 Å². The van der Waals surface area contributed by atoms with Crippen LogP contribution in [-0.4, -0.2) is 62.4 Å². The highest BCUT2D eigenvalue weighted by Gasteiger charge is 2.34. The fraction of sp³-hybridized carbons (Fsp3) is 0.200. The molecule has 2 amide bonds. The maximum absolute atomic E-state index is 13.4. The summed E-state index contributed by atoms with van der Waals surface area (Å²) < 4.78 is 76.0. The van der Waals surface area contributed by atoms with Gasteiger partial charge in [0.25, 0.3) is 32.1 Å². The first-order valence-electron chi connectivity index (χ1n) is 17.4. The number of hydrogen-bond acceptors (Lipinski definition) is 10. The Kier molecular flexibility index (Phi) is 11.4. The van der Waals surface area contributed by atoms with E-state index in [-0.39, 0.29) is 46.7 Å². The van der Waals surface area contributed by atoms with Crippen molar-refractivity contribution in [3.05, 3.63) is 119 Å². The van der Waals surface area contributed by atoms with Gasteiger partial charge >= 0.3 is 0 Å². The van der Waals surface area contributed by atoms with E-state index in [1.807, 2.05) is 52.0 Å². The molecule has 0 aromatic heterocycles. The second-order valence-corrected chi connectivity index (χ2v) is 16.2. The maximum Gasteiger partial charge on any atom is 0.294 e. The number of amides is 2. The molecule has 56 heavy (non-hydrogen) atoms. The lowest BCUT2D eigenvalue weighted by molar-refractivity contribution is -0.115. The van der Waals surface area contributed by atoms with Crippen LogP contribution in [0.1, 0.15) is 38.8 Å². The van der Waals surface area contributed by atoms with E-state index in [9.17, 15) is 35.5 Å². The molecule has 4 aromatic carbocycles. The fourth-order valence-corrected chi connectivity index (χ4v) is 6.79. The van der Waals surface area contributed by atoms with Crippen LogP contribution in [0.15, 0.2) is 128 Å². The Morgan fingerprint density at radius 3 is 1.16 bits per heavy atom. The molecule has 0 saturated heterocycles. The van der Waals surface area contributed by atoms with Gasteiger partial charge in [0.05, 0.1) is 43.7 Å². The van der Waals surface area contributed by atoms with E-state index >= 15 is 0 Å². The van der Waals surface area contributed by atoms with Crippen molar-refractivity contribution in [3.63, 3.8) is 0 Å². The summed E-state index contributed by atoms with van der Waals surface area (Å²) in [5.41, 5.74) is 4.17. The fourth-order valence-electron chi connectivity index (χ4n) is 5.83. The summed E-state index contributed by atoms with van der Waals surface area (Å²) >= 11 is 0. The molecular weight excluding hydrogens is 761 g/mol. The smallest absolute Gasteiger partial charge is 0.294 e. The molecule has 0 aliphatic carbocycles. The van der Waals surface area contributed by atoms with Crippen molar-refractivity contribution in [2.45, 2.75) is 37.5 Å². The highest BCUT2D eigenvalue weighted by Crippen LogP contribution is 2.31. The monoisotopic (exact) mass is 798 g/mol. The summed E-state index contributed by atoms with van der Waals surface area (Å²) in [6.07, 6.45) is 3.48. The molecule has 290 valence electrons. The Labute approximate surface area is 324 Å². The molecule has 2 aliphatic rings. The first-order chi connectivity index (χ1) is 26.5. The third-order valence-corrected chi connectivity index (χ3v) is 10.4. The summed E-state index contributed by atoms with van der Waals surface area (Å²) in [5, 5.41) is 11.4. The molecule has 0 spiro atoms. The lowest BCUT2D eigenvalue weighted by Gasteiger charge is -2.12. The molecule has 0 bridgehead atoms. The minimum absolute atomic E-state index is 0.0755. The number of carbonyl (C=O) groups excluding carboxylic acids is 2. The van der Waals surface area contributed by atoms with Gasteiger partial charge in [0.2, 0.25) is 0 Å². The van der Waals surface area contributed by atoms with E-state index in [0.717, 1.165) is 11.1 Å². The molecule has 0 fully saturated rings. The van der Waals surface area contributed by atoms with Gasteiger partial charge in [-0.05, 0) is 108 Å². The van der Waals surface area contributed by atoms with E-state index in [4.69, 9.17) is 9.47 Å². The van der Waals surface area contributed by atoms with E-state index in [0.29, 0.717) is 45.4 Å². The van der Waals surface area contributed by atoms with Crippen molar-refractivity contribution in [3.8, 4) is 11.5 Å². The molecule has 4 aromatic rings. The van der Waals surface area contributed by atoms with Crippen LogP contribution in [0, 0.1) is 11.8 Å². The third-order valence-electron chi connectivity index (χ3n) is 8.67. The second kappa shape index (κ2) is 16.0. The van der Waals surface area contributed by atoms with Gasteiger partial charge in [-0.1, -0.05) is 52.0 Å². The van der Waals surface area contributed by atoms with Crippen LogP contribution in [0.25, 0.3) is 12.2 Å². The lowest BCUT2D eigenvalue weighted by atomic mass is 9.98. The Morgan fingerprint density at radius 1 is 0.554 bits per heavy atom. The van der Waals surface area contributed by atoms with Crippen LogP contribution < -0.4 is 19.5 Å². The van der Waals surface area contributed by atoms with Gasteiger partial charge in [-0.25, -0.2) is 0 Å². The summed E-state index contributed by atoms with van der Waals surface area (Å²) in [7, 11) is -8.75. The molecular formula is C40H38N4O10S2. The Bertz CT molecular complexity index is 2310. The first kappa shape index (κ1) is 39.7. The van der Waals surface area contributed by atoms with Crippen molar-refractivity contribution >= 4 is 67.0 Å². The number of ether oxygens (including phenoxy) is 2. The normalized spacial score (nSPS) is 16.4. The van der Waals surface area contributed by atoms with Gasteiger partial charge < -0.3 is 9.47 Å². The summed E-state index contributed by atoms with van der Waals surface area (Å²) in [6.45, 7) is 8.18. The van der Waals surface area contributed by atoms with Crippen LogP contribution in [-0.2, 0) is 29.8 Å². The Hall–Kier alpha value is -5.94. The third kappa shape index (κ3) is 8.95. The van der Waals surface area contributed by atoms with Crippen LogP contribution in [0.2, 0.25) is 0 Å². The second-order valence-electron chi connectivity index (χ2n) is 13.4. The molecule has 6 rings (SSSR count). The Balaban J connectivity index is 1.03. The number of benzene rings is 4. The SMILES string of the molecule is CC(C)C1=NN(c2ccc(S(=O)(=O)O)cc2)C(=O)/C1=C/c1ccc(OCCOc2ccc(/C=C3/C(=O)N(c4ccc(S(=O)(=O)O)cc4)N=C3C(C)C)cc2)cc1. The molecule has 0 atom stereocenters. The largest absolute Gasteiger partial charge is 0.490 e. The summed E-state index contributed by atoms with van der Waals surface area (Å²) in [5.74, 6) is 0.309. The number of carbonyl (C=O) groups is 2. The molecule has 0 unspecified atom stereocenters. The highest BCUT2D eigenvalue weighted by molar-refractivity contribution is 7.86. The molecule has 0 saturated carbocycles. The van der Waals surface area contributed by atoms with Crippen molar-refractivity contribution in [1.82, 2.24) is 0 Å². The summed E-state index contributed by atoms with van der Waals surface area (Å²) in [4.78, 5) is 26.2. The van der Waals surface area contributed by atoms with Crippen LogP contribution in [0.5, 0.6) is 11.5 Å². The molecule has 0 radical (unpaired) electrons. The number of hydrogen-bond donors (Lipinski definition) is 2. The average Bonchev–Trinajstić information content (AvgIpc) is 3.66. The topological polar surface area (TPSA) is 193 Å². The molecule has 2 aliphatic heterocycles. The molecule has 2 N–H and O–H groups in total. The van der Waals surface area contributed by atoms with Gasteiger partial charge in [-0.2, -0.15) is 37.1 Å². The van der Waals surface area contributed by atoms with Gasteiger partial charge in [0, 0.05) is 0 Å². The van der Waals surface area contributed by atoms with Crippen LogP contribution in [0.4, 0.5) is 11.4 Å². The zero-order valence-electron chi connectivity index (χ0n) is 30.7. The number of rotatable bonds is 13. The van der Waals surface area contributed by atoms with Gasteiger partial charge in [-0.15, -0.1) is 0 Å². The van der Waals surface area contributed by atoms with E-state index in [2.05, 4.69) is 10.2 Å². The van der Waals surface area contributed by atoms with Crippen LogP contribution >= 0.6 is 0 Å². The standard InChI is InChI=1S/C40H38N4O10S2/c1-25(2)37-35(39(45)43(41-37)29-9-17-33(18-10-29)55(47,48)49)23-27-5-13-31(14-6-27)53-21-22-54-32-15-7-28(8-16-32)24-36-38(26(3)4)42-44(40(36)46)30-11-19-34(20-12-30)56(50,51)52/h5-20,23-26H,21-22H2,1-4H3,(H,47,48,49)(H,50,51,52)/b35-23+,36-24+. The average molecular weight is 799 g/mol. The van der Waals surface area contributed by atoms with Crippen molar-refractivity contribution in [2.75, 3.05) is 23.2 Å². The highest BCUT2D eigenvalue weighted by atomic mass is 32.2. The lowest BCUT2D eigenvalue weighted by Crippen LogP contribution is -2.21. The summed E-state index contributed by atoms with van der Waals surface area (Å²) in [6, 6.07) is 24.8. The number of nitrogens with zero attached hydrogens (tertiary/aromatic N) is 4. The molecule has 2 heterocycles. The van der Waals surface area contributed by atoms with E-state index in [1.165, 1.54) is 58.5 Å². The first-order valence-corrected chi connectivity index (χ1v) is 20.3. The Morgan fingerprint density at radius 2 is 0.875 bits per heavy atom. The quantitative estimate of drug-likeness (QED) is 0.0855. The van der Waals surface area contributed by atoms with E-state index in [1.54, 1.807) is 36.4 Å². The van der Waals surface area contributed by atoms with Crippen molar-refractivity contribution in [2.24, 2.45) is 22.0 Å². The zero-order valence-corrected chi connectivity index (χ0v) is 32.4. The molecule has 14 nitrogen and oxygen atoms in total. The van der Waals surface area contributed by atoms with Gasteiger partial charge in [0.15, 0.2) is 0 Å². The predicted octanol–water partition coefficient (Wildman–Crippen LogP) is 6.52. The molecule has 16 heteroatoms. The zero-order chi connectivity index (χ0) is 40.4. The van der Waals surface area contributed by atoms with Gasteiger partial charge in [0.1, 0.15) is 24.7 Å². The van der Waals surface area contributed by atoms with Crippen molar-refractivity contribution < 1.29 is 45.0 Å². The number of hydrazone groups is 2. The maximum atomic E-state index is 13.4. The number of anilines is 2. The minimum Gasteiger partial charge on any atom is -0.490 e.